The highest BCUT2D eigenvalue weighted by atomic mass is 16.5. The lowest BCUT2D eigenvalue weighted by molar-refractivity contribution is -0.132. The molecule has 2 N–H and O–H groups in total. The van der Waals surface area contributed by atoms with Gasteiger partial charge in [0.2, 0.25) is 5.91 Å². The summed E-state index contributed by atoms with van der Waals surface area (Å²) in [6, 6.07) is 22.3. The summed E-state index contributed by atoms with van der Waals surface area (Å²) in [5.74, 6) is -0.291. The third-order valence-corrected chi connectivity index (χ3v) is 5.73. The van der Waals surface area contributed by atoms with Gasteiger partial charge in [-0.1, -0.05) is 42.5 Å². The summed E-state index contributed by atoms with van der Waals surface area (Å²) in [6.07, 6.45) is 0.363. The van der Waals surface area contributed by atoms with E-state index in [1.807, 2.05) is 44.2 Å². The van der Waals surface area contributed by atoms with Gasteiger partial charge in [-0.15, -0.1) is 0 Å². The molecule has 7 heteroatoms. The molecule has 7 nitrogen and oxygen atoms in total. The van der Waals surface area contributed by atoms with Crippen LogP contribution in [0, 0.1) is 0 Å². The maximum Gasteiger partial charge on any atom is 0.255 e. The number of carbonyl (C=O) groups excluding carboxylic acids is 3. The van der Waals surface area contributed by atoms with Crippen molar-refractivity contribution in [2.75, 3.05) is 25.5 Å². The molecule has 3 amide bonds. The number of rotatable bonds is 10. The van der Waals surface area contributed by atoms with Crippen molar-refractivity contribution in [2.24, 2.45) is 0 Å². The van der Waals surface area contributed by atoms with E-state index in [1.54, 1.807) is 60.5 Å². The summed E-state index contributed by atoms with van der Waals surface area (Å²) in [6.45, 7) is 4.91. The van der Waals surface area contributed by atoms with E-state index in [9.17, 15) is 14.4 Å². The summed E-state index contributed by atoms with van der Waals surface area (Å²) in [7, 11) is 1.56. The Balaban J connectivity index is 1.81. The average molecular weight is 474 g/mol. The Labute approximate surface area is 206 Å². The number of methoxy groups -OCH3 is 1. The Bertz CT molecular complexity index is 1140. The molecule has 0 spiro atoms. The number of ether oxygens (including phenoxy) is 1. The first-order valence-electron chi connectivity index (χ1n) is 11.6. The number of amides is 3. The van der Waals surface area contributed by atoms with Crippen molar-refractivity contribution in [1.82, 2.24) is 10.2 Å². The van der Waals surface area contributed by atoms with Gasteiger partial charge < -0.3 is 20.3 Å². The SMILES string of the molecule is CCN(CC)C(=O)C(Cc1ccccc1)NC(=O)c1ccccc1NC(=O)c1ccc(OC)cc1. The van der Waals surface area contributed by atoms with Gasteiger partial charge in [0, 0.05) is 25.1 Å². The second kappa shape index (κ2) is 12.4. The van der Waals surface area contributed by atoms with E-state index in [1.165, 1.54) is 0 Å². The van der Waals surface area contributed by atoms with E-state index in [0.29, 0.717) is 36.5 Å². The monoisotopic (exact) mass is 473 g/mol. The fourth-order valence-corrected chi connectivity index (χ4v) is 3.77. The molecule has 3 aromatic rings. The highest BCUT2D eigenvalue weighted by Crippen LogP contribution is 2.18. The Kier molecular flexibility index (Phi) is 9.01. The van der Waals surface area contributed by atoms with Crippen molar-refractivity contribution in [3.8, 4) is 5.75 Å². The van der Waals surface area contributed by atoms with E-state index in [-0.39, 0.29) is 17.4 Å². The zero-order chi connectivity index (χ0) is 25.2. The Hall–Kier alpha value is -4.13. The highest BCUT2D eigenvalue weighted by molar-refractivity contribution is 6.09. The zero-order valence-electron chi connectivity index (χ0n) is 20.3. The van der Waals surface area contributed by atoms with Crippen LogP contribution in [0.25, 0.3) is 0 Å². The maximum atomic E-state index is 13.3. The van der Waals surface area contributed by atoms with Gasteiger partial charge in [-0.25, -0.2) is 0 Å². The van der Waals surface area contributed by atoms with Gasteiger partial charge in [-0.2, -0.15) is 0 Å². The first-order chi connectivity index (χ1) is 17.0. The van der Waals surface area contributed by atoms with E-state index in [0.717, 1.165) is 5.56 Å². The van der Waals surface area contributed by atoms with Crippen molar-refractivity contribution < 1.29 is 19.1 Å². The van der Waals surface area contributed by atoms with Crippen molar-refractivity contribution >= 4 is 23.4 Å². The van der Waals surface area contributed by atoms with Crippen LogP contribution in [-0.2, 0) is 11.2 Å². The molecular weight excluding hydrogens is 442 g/mol. The topological polar surface area (TPSA) is 87.7 Å². The minimum atomic E-state index is -0.741. The van der Waals surface area contributed by atoms with Crippen molar-refractivity contribution in [2.45, 2.75) is 26.3 Å². The van der Waals surface area contributed by atoms with Gasteiger partial charge in [-0.3, -0.25) is 14.4 Å². The van der Waals surface area contributed by atoms with Crippen LogP contribution >= 0.6 is 0 Å². The van der Waals surface area contributed by atoms with Crippen LogP contribution in [0.2, 0.25) is 0 Å². The second-order valence-corrected chi connectivity index (χ2v) is 7.95. The summed E-state index contributed by atoms with van der Waals surface area (Å²) >= 11 is 0. The molecule has 0 fully saturated rings. The molecule has 0 aliphatic heterocycles. The van der Waals surface area contributed by atoms with Gasteiger partial charge >= 0.3 is 0 Å². The van der Waals surface area contributed by atoms with Crippen LogP contribution in [-0.4, -0.2) is 48.9 Å². The zero-order valence-corrected chi connectivity index (χ0v) is 20.3. The predicted octanol–water partition coefficient (Wildman–Crippen LogP) is 4.16. The number of nitrogens with one attached hydrogen (secondary N) is 2. The van der Waals surface area contributed by atoms with Crippen LogP contribution in [0.4, 0.5) is 5.69 Å². The largest absolute Gasteiger partial charge is 0.497 e. The van der Waals surface area contributed by atoms with Crippen LogP contribution in [0.15, 0.2) is 78.9 Å². The smallest absolute Gasteiger partial charge is 0.255 e. The number of anilines is 1. The molecule has 35 heavy (non-hydrogen) atoms. The molecule has 1 unspecified atom stereocenters. The Morgan fingerprint density at radius 3 is 2.09 bits per heavy atom. The number of para-hydroxylation sites is 1. The molecule has 0 bridgehead atoms. The molecule has 0 aromatic heterocycles. The molecule has 182 valence electrons. The van der Waals surface area contributed by atoms with E-state index < -0.39 is 11.9 Å². The molecule has 0 aliphatic carbocycles. The molecule has 0 saturated heterocycles. The normalized spacial score (nSPS) is 11.3. The molecule has 3 rings (SSSR count). The highest BCUT2D eigenvalue weighted by Gasteiger charge is 2.26. The summed E-state index contributed by atoms with van der Waals surface area (Å²) < 4.78 is 5.13. The van der Waals surface area contributed by atoms with E-state index in [2.05, 4.69) is 10.6 Å². The average Bonchev–Trinajstić information content (AvgIpc) is 2.89. The molecule has 1 atom stereocenters. The molecule has 3 aromatic carbocycles. The fourth-order valence-electron chi connectivity index (χ4n) is 3.77. The summed E-state index contributed by atoms with van der Waals surface area (Å²) in [5, 5.41) is 5.71. The number of nitrogens with zero attached hydrogens (tertiary/aromatic N) is 1. The minimum Gasteiger partial charge on any atom is -0.497 e. The second-order valence-electron chi connectivity index (χ2n) is 7.95. The number of carbonyl (C=O) groups is 3. The molecule has 0 radical (unpaired) electrons. The van der Waals surface area contributed by atoms with Gasteiger partial charge in [0.1, 0.15) is 11.8 Å². The third kappa shape index (κ3) is 6.69. The van der Waals surface area contributed by atoms with Gasteiger partial charge in [0.05, 0.1) is 18.4 Å². The lowest BCUT2D eigenvalue weighted by Gasteiger charge is -2.26. The van der Waals surface area contributed by atoms with Crippen LogP contribution in [0.5, 0.6) is 5.75 Å². The number of hydrogen-bond donors (Lipinski definition) is 2. The van der Waals surface area contributed by atoms with Crippen molar-refractivity contribution in [3.63, 3.8) is 0 Å². The number of likely N-dealkylation sites (N-methyl/N-ethyl adjacent to an activating group) is 1. The lowest BCUT2D eigenvalue weighted by atomic mass is 10.0. The fraction of sp³-hybridized carbons (Fsp3) is 0.250. The Morgan fingerprint density at radius 1 is 0.829 bits per heavy atom. The quantitative estimate of drug-likeness (QED) is 0.463. The summed E-state index contributed by atoms with van der Waals surface area (Å²) in [4.78, 5) is 41.0. The first kappa shape index (κ1) is 25.5. The maximum absolute atomic E-state index is 13.3. The van der Waals surface area contributed by atoms with E-state index in [4.69, 9.17) is 4.74 Å². The van der Waals surface area contributed by atoms with Crippen molar-refractivity contribution in [1.29, 1.82) is 0 Å². The minimum absolute atomic E-state index is 0.146. The third-order valence-electron chi connectivity index (χ3n) is 5.73. The molecular formula is C28H31N3O4. The van der Waals surface area contributed by atoms with E-state index >= 15 is 0 Å². The number of hydrogen-bond acceptors (Lipinski definition) is 4. The van der Waals surface area contributed by atoms with Crippen LogP contribution in [0.1, 0.15) is 40.1 Å². The predicted molar refractivity (Wildman–Crippen MR) is 137 cm³/mol. The van der Waals surface area contributed by atoms with Gasteiger partial charge in [0.15, 0.2) is 0 Å². The number of benzene rings is 3. The first-order valence-corrected chi connectivity index (χ1v) is 11.6. The lowest BCUT2D eigenvalue weighted by Crippen LogP contribution is -2.49. The molecule has 0 saturated carbocycles. The van der Waals surface area contributed by atoms with Gasteiger partial charge in [0.25, 0.3) is 11.8 Å². The molecule has 0 heterocycles. The molecule has 0 aliphatic rings. The van der Waals surface area contributed by atoms with Gasteiger partial charge in [-0.05, 0) is 55.8 Å². The Morgan fingerprint density at radius 2 is 1.46 bits per heavy atom. The van der Waals surface area contributed by atoms with Crippen LogP contribution in [0.3, 0.4) is 0 Å². The summed E-state index contributed by atoms with van der Waals surface area (Å²) in [5.41, 5.74) is 2.01. The van der Waals surface area contributed by atoms with Crippen LogP contribution < -0.4 is 15.4 Å². The standard InChI is InChI=1S/C28H31N3O4/c1-4-31(5-2)28(34)25(19-20-11-7-6-8-12-20)30-27(33)23-13-9-10-14-24(23)29-26(32)21-15-17-22(35-3)18-16-21/h6-18,25H,4-5,19H2,1-3H3,(H,29,32)(H,30,33). The van der Waals surface area contributed by atoms with Crippen molar-refractivity contribution in [3.05, 3.63) is 95.6 Å².